The summed E-state index contributed by atoms with van der Waals surface area (Å²) in [5.41, 5.74) is 2.20. The third kappa shape index (κ3) is 3.56. The monoisotopic (exact) mass is 267 g/mol. The molecule has 20 heavy (non-hydrogen) atoms. The van der Waals surface area contributed by atoms with Crippen molar-refractivity contribution in [3.63, 3.8) is 0 Å². The molecule has 5 nitrogen and oxygen atoms in total. The van der Waals surface area contributed by atoms with Gasteiger partial charge in [-0.15, -0.1) is 0 Å². The molecule has 2 N–H and O–H groups in total. The fourth-order valence-electron chi connectivity index (χ4n) is 1.85. The first kappa shape index (κ1) is 13.6. The number of carbonyl (C=O) groups is 1. The van der Waals surface area contributed by atoms with E-state index in [2.05, 4.69) is 10.3 Å². The molecule has 2 rings (SSSR count). The van der Waals surface area contributed by atoms with Crippen LogP contribution in [0.3, 0.4) is 0 Å². The van der Waals surface area contributed by atoms with Gasteiger partial charge >= 0.3 is 5.97 Å². The Labute approximate surface area is 116 Å². The molecule has 0 atom stereocenters. The molecule has 2 aromatic rings. The number of aromatic nitrogens is 1. The van der Waals surface area contributed by atoms with Gasteiger partial charge < -0.3 is 10.4 Å². The number of nitrogens with one attached hydrogen (secondary N) is 1. The Hall–Kier alpha value is -2.87. The van der Waals surface area contributed by atoms with Gasteiger partial charge in [-0.05, 0) is 23.3 Å². The maximum Gasteiger partial charge on any atom is 0.307 e. The van der Waals surface area contributed by atoms with Crippen molar-refractivity contribution in [1.29, 1.82) is 5.26 Å². The van der Waals surface area contributed by atoms with Gasteiger partial charge in [0.25, 0.3) is 0 Å². The van der Waals surface area contributed by atoms with Crippen LogP contribution in [0.1, 0.15) is 16.7 Å². The third-order valence-corrected chi connectivity index (χ3v) is 2.81. The van der Waals surface area contributed by atoms with Crippen molar-refractivity contribution in [2.75, 3.05) is 5.32 Å². The molecule has 0 unspecified atom stereocenters. The number of hydrogen-bond acceptors (Lipinski definition) is 4. The maximum atomic E-state index is 10.8. The van der Waals surface area contributed by atoms with Gasteiger partial charge in [-0.25, -0.2) is 4.98 Å². The van der Waals surface area contributed by atoms with Crippen LogP contribution in [-0.2, 0) is 17.8 Å². The van der Waals surface area contributed by atoms with Crippen molar-refractivity contribution in [2.45, 2.75) is 13.0 Å². The van der Waals surface area contributed by atoms with Crippen molar-refractivity contribution in [3.05, 3.63) is 59.3 Å². The fraction of sp³-hybridized carbons (Fsp3) is 0.133. The summed E-state index contributed by atoms with van der Waals surface area (Å²) in [4.78, 5) is 14.9. The highest BCUT2D eigenvalue weighted by Crippen LogP contribution is 2.13. The highest BCUT2D eigenvalue weighted by atomic mass is 16.4. The number of pyridine rings is 1. The van der Waals surface area contributed by atoms with Crippen molar-refractivity contribution in [2.24, 2.45) is 0 Å². The Morgan fingerprint density at radius 1 is 1.30 bits per heavy atom. The van der Waals surface area contributed by atoms with Crippen LogP contribution in [0.5, 0.6) is 0 Å². The second kappa shape index (κ2) is 6.34. The molecule has 0 radical (unpaired) electrons. The van der Waals surface area contributed by atoms with E-state index in [1.807, 2.05) is 24.3 Å². The molecule has 100 valence electrons. The lowest BCUT2D eigenvalue weighted by Gasteiger charge is -2.09. The molecule has 0 saturated heterocycles. The lowest BCUT2D eigenvalue weighted by molar-refractivity contribution is -0.136. The smallest absolute Gasteiger partial charge is 0.307 e. The Balaban J connectivity index is 2.10. The summed E-state index contributed by atoms with van der Waals surface area (Å²) in [6.45, 7) is 0.464. The number of anilines is 1. The first-order valence-corrected chi connectivity index (χ1v) is 6.07. The average molecular weight is 267 g/mol. The number of nitriles is 1. The molecular formula is C15H13N3O2. The molecule has 0 aliphatic rings. The second-order valence-corrected chi connectivity index (χ2v) is 4.23. The number of benzene rings is 1. The summed E-state index contributed by atoms with van der Waals surface area (Å²) in [6, 6.07) is 12.7. The van der Waals surface area contributed by atoms with Gasteiger partial charge in [-0.3, -0.25) is 4.79 Å². The van der Waals surface area contributed by atoms with Crippen LogP contribution in [0.15, 0.2) is 42.6 Å². The number of hydrogen-bond donors (Lipinski definition) is 2. The molecule has 0 spiro atoms. The van der Waals surface area contributed by atoms with E-state index < -0.39 is 5.97 Å². The van der Waals surface area contributed by atoms with Crippen LogP contribution in [0.4, 0.5) is 5.82 Å². The number of carboxylic acid groups (broad SMARTS) is 1. The van der Waals surface area contributed by atoms with E-state index in [0.717, 1.165) is 11.1 Å². The highest BCUT2D eigenvalue weighted by molar-refractivity contribution is 5.70. The SMILES string of the molecule is N#Cc1ccnc(NCc2ccccc2CC(=O)O)c1. The highest BCUT2D eigenvalue weighted by Gasteiger charge is 2.06. The number of rotatable bonds is 5. The second-order valence-electron chi connectivity index (χ2n) is 4.23. The fourth-order valence-corrected chi connectivity index (χ4v) is 1.85. The predicted octanol–water partition coefficient (Wildman–Crippen LogP) is 2.19. The van der Waals surface area contributed by atoms with Crippen molar-refractivity contribution < 1.29 is 9.90 Å². The van der Waals surface area contributed by atoms with Gasteiger partial charge in [0.05, 0.1) is 18.1 Å². The molecule has 1 aromatic heterocycles. The number of carboxylic acids is 1. The van der Waals surface area contributed by atoms with Gasteiger partial charge in [0.2, 0.25) is 0 Å². The number of nitrogens with zero attached hydrogens (tertiary/aromatic N) is 2. The zero-order chi connectivity index (χ0) is 14.4. The van der Waals surface area contributed by atoms with Gasteiger partial charge in [-0.1, -0.05) is 24.3 Å². The van der Waals surface area contributed by atoms with E-state index >= 15 is 0 Å². The van der Waals surface area contributed by atoms with Crippen LogP contribution in [0, 0.1) is 11.3 Å². The Morgan fingerprint density at radius 2 is 2.05 bits per heavy atom. The molecule has 0 bridgehead atoms. The molecule has 0 aliphatic carbocycles. The van der Waals surface area contributed by atoms with Gasteiger partial charge in [0.1, 0.15) is 5.82 Å². The Bertz CT molecular complexity index is 662. The van der Waals surface area contributed by atoms with E-state index in [9.17, 15) is 4.79 Å². The van der Waals surface area contributed by atoms with E-state index in [4.69, 9.17) is 10.4 Å². The van der Waals surface area contributed by atoms with Crippen LogP contribution >= 0.6 is 0 Å². The molecule has 5 heteroatoms. The van der Waals surface area contributed by atoms with E-state index in [1.54, 1.807) is 24.4 Å². The van der Waals surface area contributed by atoms with Crippen LogP contribution in [-0.4, -0.2) is 16.1 Å². The first-order valence-electron chi connectivity index (χ1n) is 6.07. The summed E-state index contributed by atoms with van der Waals surface area (Å²) < 4.78 is 0. The standard InChI is InChI=1S/C15H13N3O2/c16-9-11-5-6-17-14(7-11)18-10-13-4-2-1-3-12(13)8-15(19)20/h1-7H,8,10H2,(H,17,18)(H,19,20). The largest absolute Gasteiger partial charge is 0.481 e. The zero-order valence-electron chi connectivity index (χ0n) is 10.7. The lowest BCUT2D eigenvalue weighted by atomic mass is 10.0. The third-order valence-electron chi connectivity index (χ3n) is 2.81. The molecule has 0 amide bonds. The number of aliphatic carboxylic acids is 1. The maximum absolute atomic E-state index is 10.8. The van der Waals surface area contributed by atoms with Crippen LogP contribution < -0.4 is 5.32 Å². The summed E-state index contributed by atoms with van der Waals surface area (Å²) in [5, 5.41) is 20.8. The van der Waals surface area contributed by atoms with Crippen molar-refractivity contribution in [1.82, 2.24) is 4.98 Å². The molecule has 0 fully saturated rings. The molecule has 1 heterocycles. The minimum atomic E-state index is -0.859. The van der Waals surface area contributed by atoms with Gasteiger partial charge in [-0.2, -0.15) is 5.26 Å². The van der Waals surface area contributed by atoms with Gasteiger partial charge in [0, 0.05) is 12.7 Å². The van der Waals surface area contributed by atoms with Gasteiger partial charge in [0.15, 0.2) is 0 Å². The average Bonchev–Trinajstić information content (AvgIpc) is 2.46. The summed E-state index contributed by atoms with van der Waals surface area (Å²) in [6.07, 6.45) is 1.55. The summed E-state index contributed by atoms with van der Waals surface area (Å²) >= 11 is 0. The predicted molar refractivity (Wildman–Crippen MR) is 74.1 cm³/mol. The van der Waals surface area contributed by atoms with Crippen LogP contribution in [0.25, 0.3) is 0 Å². The Morgan fingerprint density at radius 3 is 2.75 bits per heavy atom. The molecule has 0 saturated carbocycles. The molecule has 0 aliphatic heterocycles. The quantitative estimate of drug-likeness (QED) is 0.867. The van der Waals surface area contributed by atoms with Crippen LogP contribution in [0.2, 0.25) is 0 Å². The summed E-state index contributed by atoms with van der Waals surface area (Å²) in [5.74, 6) is -0.267. The lowest BCUT2D eigenvalue weighted by Crippen LogP contribution is -2.07. The topological polar surface area (TPSA) is 86.0 Å². The zero-order valence-corrected chi connectivity index (χ0v) is 10.7. The minimum absolute atomic E-state index is 0.0104. The van der Waals surface area contributed by atoms with E-state index in [1.165, 1.54) is 0 Å². The van der Waals surface area contributed by atoms with Crippen molar-refractivity contribution in [3.8, 4) is 6.07 Å². The van der Waals surface area contributed by atoms with E-state index in [-0.39, 0.29) is 6.42 Å². The van der Waals surface area contributed by atoms with Crippen molar-refractivity contribution >= 4 is 11.8 Å². The minimum Gasteiger partial charge on any atom is -0.481 e. The van der Waals surface area contributed by atoms with E-state index in [0.29, 0.717) is 17.9 Å². The Kier molecular flexibility index (Phi) is 4.30. The first-order chi connectivity index (χ1) is 9.69. The molecule has 1 aromatic carbocycles. The normalized spacial score (nSPS) is 9.75. The molecular weight excluding hydrogens is 254 g/mol. The summed E-state index contributed by atoms with van der Waals surface area (Å²) in [7, 11) is 0.